The number of hydrogen-bond donors (Lipinski definition) is 2. The first-order valence-corrected chi connectivity index (χ1v) is 10.6. The fraction of sp³-hybridized carbons (Fsp3) is 0.882. The van der Waals surface area contributed by atoms with Crippen molar-refractivity contribution in [3.63, 3.8) is 0 Å². The van der Waals surface area contributed by atoms with Crippen LogP contribution in [0.5, 0.6) is 0 Å². The van der Waals surface area contributed by atoms with Gasteiger partial charge in [0.1, 0.15) is 5.60 Å². The normalized spacial score (nSPS) is 19.4. The number of rotatable bonds is 4. The number of likely N-dealkylation sites (tertiary alicyclic amines) is 1. The number of amides is 1. The Hall–Kier alpha value is -1.51. The third-order valence-corrected chi connectivity index (χ3v) is 6.61. The van der Waals surface area contributed by atoms with Crippen LogP contribution in [0.4, 0.5) is 4.79 Å². The summed E-state index contributed by atoms with van der Waals surface area (Å²) >= 11 is 0. The molecule has 1 heterocycles. The minimum Gasteiger partial charge on any atom is -0.444 e. The molecular weight excluding hydrogens is 356 g/mol. The van der Waals surface area contributed by atoms with Gasteiger partial charge in [0.25, 0.3) is 0 Å². The van der Waals surface area contributed by atoms with E-state index in [9.17, 15) is 13.2 Å². The average Bonchev–Trinajstić information content (AvgIpc) is 2.88. The molecule has 0 aromatic carbocycles. The molecule has 0 spiro atoms. The van der Waals surface area contributed by atoms with Crippen LogP contribution in [-0.4, -0.2) is 74.2 Å². The van der Waals surface area contributed by atoms with E-state index >= 15 is 0 Å². The summed E-state index contributed by atoms with van der Waals surface area (Å²) in [6.07, 6.45) is 0.351. The Morgan fingerprint density at radius 1 is 1.23 bits per heavy atom. The van der Waals surface area contributed by atoms with Crippen molar-refractivity contribution in [3.8, 4) is 0 Å². The van der Waals surface area contributed by atoms with E-state index < -0.39 is 26.3 Å². The van der Waals surface area contributed by atoms with Crippen LogP contribution in [0, 0.1) is 0 Å². The second-order valence-electron chi connectivity index (χ2n) is 8.48. The molecule has 1 amide bonds. The van der Waals surface area contributed by atoms with Crippen molar-refractivity contribution >= 4 is 21.9 Å². The SMILES string of the molecule is CN=C(NCCS(=O)(=O)C(C)(C)C)N1CCC(NC(=O)OC(C)(C)C)C1. The van der Waals surface area contributed by atoms with Crippen LogP contribution in [0.25, 0.3) is 0 Å². The topological polar surface area (TPSA) is 100 Å². The summed E-state index contributed by atoms with van der Waals surface area (Å²) in [5.41, 5.74) is -0.529. The van der Waals surface area contributed by atoms with Crippen LogP contribution in [0.2, 0.25) is 0 Å². The van der Waals surface area contributed by atoms with Crippen LogP contribution in [-0.2, 0) is 14.6 Å². The van der Waals surface area contributed by atoms with Gasteiger partial charge in [-0.3, -0.25) is 4.99 Å². The van der Waals surface area contributed by atoms with Gasteiger partial charge in [-0.15, -0.1) is 0 Å². The molecule has 1 unspecified atom stereocenters. The molecule has 8 nitrogen and oxygen atoms in total. The van der Waals surface area contributed by atoms with Crippen molar-refractivity contribution in [3.05, 3.63) is 0 Å². The van der Waals surface area contributed by atoms with Gasteiger partial charge in [-0.1, -0.05) is 0 Å². The van der Waals surface area contributed by atoms with Crippen LogP contribution < -0.4 is 10.6 Å². The lowest BCUT2D eigenvalue weighted by Crippen LogP contribution is -2.45. The van der Waals surface area contributed by atoms with Gasteiger partial charge >= 0.3 is 6.09 Å². The highest BCUT2D eigenvalue weighted by atomic mass is 32.2. The fourth-order valence-electron chi connectivity index (χ4n) is 2.48. The van der Waals surface area contributed by atoms with Crippen molar-refractivity contribution in [2.45, 2.75) is 64.4 Å². The lowest BCUT2D eigenvalue weighted by Gasteiger charge is -2.24. The number of alkyl carbamates (subject to hydrolysis) is 1. The Kier molecular flexibility index (Phi) is 7.33. The zero-order valence-electron chi connectivity index (χ0n) is 17.0. The first-order chi connectivity index (χ1) is 11.7. The summed E-state index contributed by atoms with van der Waals surface area (Å²) in [5, 5.41) is 5.97. The van der Waals surface area contributed by atoms with E-state index in [2.05, 4.69) is 15.6 Å². The summed E-state index contributed by atoms with van der Waals surface area (Å²) in [6.45, 7) is 12.2. The standard InChI is InChI=1S/C17H34N4O4S/c1-16(2,3)25-15(22)20-13-8-10-21(12-13)14(18-7)19-9-11-26(23,24)17(4,5)6/h13H,8-12H2,1-7H3,(H,18,19)(H,20,22). The Morgan fingerprint density at radius 3 is 2.35 bits per heavy atom. The van der Waals surface area contributed by atoms with E-state index in [1.54, 1.807) is 27.8 Å². The summed E-state index contributed by atoms with van der Waals surface area (Å²) in [7, 11) is -1.52. The molecule has 0 aliphatic carbocycles. The Labute approximate surface area is 157 Å². The van der Waals surface area contributed by atoms with Crippen molar-refractivity contribution in [1.29, 1.82) is 0 Å². The monoisotopic (exact) mass is 390 g/mol. The zero-order chi connectivity index (χ0) is 20.2. The number of carbonyl (C=O) groups is 1. The molecule has 9 heteroatoms. The Morgan fingerprint density at radius 2 is 1.85 bits per heavy atom. The summed E-state index contributed by atoms with van der Waals surface area (Å²) in [5.74, 6) is 0.686. The molecule has 1 saturated heterocycles. The number of ether oxygens (including phenoxy) is 1. The number of sulfone groups is 1. The van der Waals surface area contributed by atoms with Crippen LogP contribution in [0.3, 0.4) is 0 Å². The number of carbonyl (C=O) groups excluding carboxylic acids is 1. The highest BCUT2D eigenvalue weighted by Gasteiger charge is 2.30. The maximum Gasteiger partial charge on any atom is 0.407 e. The van der Waals surface area contributed by atoms with Crippen molar-refractivity contribution in [2.75, 3.05) is 32.4 Å². The van der Waals surface area contributed by atoms with Gasteiger partial charge in [0.2, 0.25) is 0 Å². The molecule has 0 aromatic heterocycles. The molecule has 1 atom stereocenters. The van der Waals surface area contributed by atoms with Gasteiger partial charge in [0.15, 0.2) is 15.8 Å². The van der Waals surface area contributed by atoms with Gasteiger partial charge in [-0.05, 0) is 48.0 Å². The van der Waals surface area contributed by atoms with Gasteiger partial charge < -0.3 is 20.3 Å². The molecule has 2 N–H and O–H groups in total. The predicted molar refractivity (Wildman–Crippen MR) is 104 cm³/mol. The second-order valence-corrected chi connectivity index (χ2v) is 11.3. The molecule has 0 saturated carbocycles. The van der Waals surface area contributed by atoms with E-state index in [0.717, 1.165) is 13.0 Å². The molecule has 1 aliphatic heterocycles. The predicted octanol–water partition coefficient (Wildman–Crippen LogP) is 1.37. The van der Waals surface area contributed by atoms with Crippen molar-refractivity contribution < 1.29 is 17.9 Å². The van der Waals surface area contributed by atoms with Gasteiger partial charge in [0, 0.05) is 26.7 Å². The third-order valence-electron chi connectivity index (χ3n) is 4.01. The number of nitrogens with one attached hydrogen (secondary N) is 2. The molecule has 26 heavy (non-hydrogen) atoms. The highest BCUT2D eigenvalue weighted by molar-refractivity contribution is 7.92. The number of nitrogens with zero attached hydrogens (tertiary/aromatic N) is 2. The van der Waals surface area contributed by atoms with Crippen molar-refractivity contribution in [2.24, 2.45) is 4.99 Å². The number of guanidine groups is 1. The maximum atomic E-state index is 12.2. The number of aliphatic imine (C=N–C) groups is 1. The Balaban J connectivity index is 2.50. The first kappa shape index (κ1) is 22.5. The van der Waals surface area contributed by atoms with Gasteiger partial charge in [0.05, 0.1) is 16.5 Å². The quantitative estimate of drug-likeness (QED) is 0.556. The summed E-state index contributed by atoms with van der Waals surface area (Å²) in [4.78, 5) is 18.1. The first-order valence-electron chi connectivity index (χ1n) is 8.92. The highest BCUT2D eigenvalue weighted by Crippen LogP contribution is 2.15. The molecule has 0 aromatic rings. The number of hydrogen-bond acceptors (Lipinski definition) is 5. The van der Waals surface area contributed by atoms with E-state index in [1.165, 1.54) is 0 Å². The molecule has 1 rings (SSSR count). The zero-order valence-corrected chi connectivity index (χ0v) is 17.9. The van der Waals surface area contributed by atoms with E-state index in [1.807, 2.05) is 25.7 Å². The van der Waals surface area contributed by atoms with Crippen LogP contribution in [0.1, 0.15) is 48.0 Å². The average molecular weight is 391 g/mol. The largest absolute Gasteiger partial charge is 0.444 e. The van der Waals surface area contributed by atoms with E-state index in [0.29, 0.717) is 19.0 Å². The second kappa shape index (κ2) is 8.45. The van der Waals surface area contributed by atoms with E-state index in [4.69, 9.17) is 4.74 Å². The molecule has 0 radical (unpaired) electrons. The summed E-state index contributed by atoms with van der Waals surface area (Å²) in [6, 6.07) is -0.0262. The fourth-order valence-corrected chi connectivity index (χ4v) is 3.46. The Bertz CT molecular complexity index is 618. The van der Waals surface area contributed by atoms with E-state index in [-0.39, 0.29) is 11.8 Å². The molecular formula is C17H34N4O4S. The van der Waals surface area contributed by atoms with Crippen LogP contribution in [0.15, 0.2) is 4.99 Å². The van der Waals surface area contributed by atoms with Gasteiger partial charge in [-0.25, -0.2) is 13.2 Å². The summed E-state index contributed by atoms with van der Waals surface area (Å²) < 4.78 is 28.9. The molecule has 1 aliphatic rings. The third kappa shape index (κ3) is 7.01. The van der Waals surface area contributed by atoms with Crippen molar-refractivity contribution in [1.82, 2.24) is 15.5 Å². The molecule has 152 valence electrons. The smallest absolute Gasteiger partial charge is 0.407 e. The lowest BCUT2D eigenvalue weighted by molar-refractivity contribution is 0.0507. The van der Waals surface area contributed by atoms with Crippen LogP contribution >= 0.6 is 0 Å². The lowest BCUT2D eigenvalue weighted by atomic mass is 10.2. The maximum absolute atomic E-state index is 12.2. The van der Waals surface area contributed by atoms with Gasteiger partial charge in [-0.2, -0.15) is 0 Å². The molecule has 1 fully saturated rings. The minimum atomic E-state index is -3.18. The minimum absolute atomic E-state index is 0.0262. The molecule has 0 bridgehead atoms.